The zero-order chi connectivity index (χ0) is 19.8. The summed E-state index contributed by atoms with van der Waals surface area (Å²) in [5, 5.41) is 3.67. The lowest BCUT2D eigenvalue weighted by Crippen LogP contribution is -2.28. The number of nitrogens with zero attached hydrogens (tertiary/aromatic N) is 2. The van der Waals surface area contributed by atoms with Gasteiger partial charge in [0.1, 0.15) is 11.4 Å². The van der Waals surface area contributed by atoms with Crippen molar-refractivity contribution < 1.29 is 4.79 Å². The van der Waals surface area contributed by atoms with Gasteiger partial charge in [-0.3, -0.25) is 14.2 Å². The summed E-state index contributed by atoms with van der Waals surface area (Å²) in [6, 6.07) is 7.78. The number of nitrogens with one attached hydrogen (secondary N) is 1. The highest BCUT2D eigenvalue weighted by atomic mass is 32.1. The van der Waals surface area contributed by atoms with Crippen LogP contribution < -0.4 is 10.9 Å². The average molecular weight is 396 g/mol. The number of fused-ring (bicyclic) bond motifs is 3. The molecule has 1 aliphatic carbocycles. The first-order valence-corrected chi connectivity index (χ1v) is 10.6. The van der Waals surface area contributed by atoms with E-state index in [0.29, 0.717) is 17.2 Å². The van der Waals surface area contributed by atoms with Gasteiger partial charge >= 0.3 is 0 Å². The van der Waals surface area contributed by atoms with Gasteiger partial charge < -0.3 is 5.32 Å². The Balaban J connectivity index is 1.61. The minimum atomic E-state index is -0.214. The largest absolute Gasteiger partial charge is 0.324 e. The number of benzene rings is 1. The Bertz CT molecular complexity index is 1100. The molecule has 6 heteroatoms. The molecule has 1 aromatic carbocycles. The molecular weight excluding hydrogens is 370 g/mol. The number of aryl methyl sites for hydroxylation is 1. The van der Waals surface area contributed by atoms with Crippen LogP contribution in [0.15, 0.2) is 35.4 Å². The summed E-state index contributed by atoms with van der Waals surface area (Å²) in [4.78, 5) is 32.2. The fourth-order valence-electron chi connectivity index (χ4n) is 3.94. The number of hydrogen-bond acceptors (Lipinski definition) is 4. The summed E-state index contributed by atoms with van der Waals surface area (Å²) < 4.78 is 1.43. The summed E-state index contributed by atoms with van der Waals surface area (Å²) in [7, 11) is 0. The number of anilines is 1. The van der Waals surface area contributed by atoms with Crippen LogP contribution in [0, 0.1) is 5.92 Å². The van der Waals surface area contributed by atoms with Crippen LogP contribution in [0.5, 0.6) is 0 Å². The van der Waals surface area contributed by atoms with E-state index in [1.165, 1.54) is 15.8 Å². The third kappa shape index (κ3) is 3.49. The van der Waals surface area contributed by atoms with Crippen LogP contribution in [0.3, 0.4) is 0 Å². The van der Waals surface area contributed by atoms with Crippen LogP contribution >= 0.6 is 11.3 Å². The van der Waals surface area contributed by atoms with Crippen molar-refractivity contribution in [1.82, 2.24) is 9.55 Å². The van der Waals surface area contributed by atoms with E-state index in [-0.39, 0.29) is 18.0 Å². The smallest absolute Gasteiger partial charge is 0.262 e. The number of hydrogen-bond donors (Lipinski definition) is 1. The Morgan fingerprint density at radius 1 is 1.36 bits per heavy atom. The fraction of sp³-hybridized carbons (Fsp3) is 0.409. The summed E-state index contributed by atoms with van der Waals surface area (Å²) in [6.07, 6.45) is 4.54. The number of thiophene rings is 1. The van der Waals surface area contributed by atoms with Crippen molar-refractivity contribution in [2.45, 2.75) is 52.5 Å². The van der Waals surface area contributed by atoms with E-state index in [9.17, 15) is 9.59 Å². The molecular formula is C22H25N3O2S. The number of amides is 1. The van der Waals surface area contributed by atoms with Crippen molar-refractivity contribution in [3.8, 4) is 0 Å². The van der Waals surface area contributed by atoms with Crippen molar-refractivity contribution in [2.24, 2.45) is 5.92 Å². The summed E-state index contributed by atoms with van der Waals surface area (Å²) in [5.41, 5.74) is 2.92. The second kappa shape index (κ2) is 7.51. The minimum Gasteiger partial charge on any atom is -0.324 e. The molecule has 0 saturated heterocycles. The van der Waals surface area contributed by atoms with Crippen molar-refractivity contribution >= 4 is 33.1 Å². The molecule has 1 atom stereocenters. The van der Waals surface area contributed by atoms with Crippen molar-refractivity contribution in [2.75, 3.05) is 5.32 Å². The first-order valence-electron chi connectivity index (χ1n) is 9.82. The quantitative estimate of drug-likeness (QED) is 0.714. The van der Waals surface area contributed by atoms with Gasteiger partial charge in [0.05, 0.1) is 11.7 Å². The normalized spacial score (nSPS) is 16.4. The molecule has 1 N–H and O–H groups in total. The Labute approximate surface area is 168 Å². The Kier molecular flexibility index (Phi) is 5.06. The zero-order valence-corrected chi connectivity index (χ0v) is 17.3. The second-order valence-electron chi connectivity index (χ2n) is 8.00. The molecule has 4 rings (SSSR count). The van der Waals surface area contributed by atoms with Crippen molar-refractivity contribution in [3.63, 3.8) is 0 Å². The second-order valence-corrected chi connectivity index (χ2v) is 9.08. The predicted octanol–water partition coefficient (Wildman–Crippen LogP) is 4.34. The summed E-state index contributed by atoms with van der Waals surface area (Å²) in [5.74, 6) is 0.737. The SMILES string of the molecule is CC(C)c1ccccc1NC(=O)Cn1cnc2sc3c(c2c1=O)CC[C@H](C)C3. The number of rotatable bonds is 4. The zero-order valence-electron chi connectivity index (χ0n) is 16.5. The molecule has 146 valence electrons. The lowest BCUT2D eigenvalue weighted by atomic mass is 9.89. The standard InChI is InChI=1S/C22H25N3O2S/c1-13(2)15-6-4-5-7-17(15)24-19(26)11-25-12-23-21-20(22(25)27)16-9-8-14(3)10-18(16)28-21/h4-7,12-14H,8-11H2,1-3H3,(H,24,26)/t14-/m0/s1. The highest BCUT2D eigenvalue weighted by Gasteiger charge is 2.23. The van der Waals surface area contributed by atoms with Gasteiger partial charge in [-0.15, -0.1) is 11.3 Å². The Morgan fingerprint density at radius 2 is 2.14 bits per heavy atom. The van der Waals surface area contributed by atoms with Gasteiger partial charge in [0.25, 0.3) is 5.56 Å². The lowest BCUT2D eigenvalue weighted by Gasteiger charge is -2.17. The average Bonchev–Trinajstić information content (AvgIpc) is 3.02. The van der Waals surface area contributed by atoms with E-state index < -0.39 is 0 Å². The van der Waals surface area contributed by atoms with Gasteiger partial charge in [-0.2, -0.15) is 0 Å². The van der Waals surface area contributed by atoms with Crippen LogP contribution in [0.4, 0.5) is 5.69 Å². The number of para-hydroxylation sites is 1. The number of carbonyl (C=O) groups excluding carboxylic acids is 1. The minimum absolute atomic E-state index is 0.0325. The summed E-state index contributed by atoms with van der Waals surface area (Å²) >= 11 is 1.63. The number of aromatic nitrogens is 2. The number of carbonyl (C=O) groups is 1. The fourth-order valence-corrected chi connectivity index (χ4v) is 5.28. The van der Waals surface area contributed by atoms with E-state index in [2.05, 4.69) is 31.1 Å². The molecule has 0 aliphatic heterocycles. The monoisotopic (exact) mass is 395 g/mol. The molecule has 0 fully saturated rings. The molecule has 2 heterocycles. The highest BCUT2D eigenvalue weighted by molar-refractivity contribution is 7.18. The van der Waals surface area contributed by atoms with Gasteiger partial charge in [-0.25, -0.2) is 4.98 Å². The lowest BCUT2D eigenvalue weighted by molar-refractivity contribution is -0.116. The molecule has 0 radical (unpaired) electrons. The third-order valence-electron chi connectivity index (χ3n) is 5.45. The highest BCUT2D eigenvalue weighted by Crippen LogP contribution is 2.35. The van der Waals surface area contributed by atoms with Gasteiger partial charge in [-0.05, 0) is 48.3 Å². The molecule has 0 unspecified atom stereocenters. The van der Waals surface area contributed by atoms with Crippen molar-refractivity contribution in [3.05, 3.63) is 57.0 Å². The molecule has 28 heavy (non-hydrogen) atoms. The van der Waals surface area contributed by atoms with Crippen LogP contribution in [-0.2, 0) is 24.2 Å². The topological polar surface area (TPSA) is 64.0 Å². The van der Waals surface area contributed by atoms with E-state index >= 15 is 0 Å². The molecule has 1 aliphatic rings. The van der Waals surface area contributed by atoms with Crippen LogP contribution in [0.25, 0.3) is 10.2 Å². The van der Waals surface area contributed by atoms with E-state index in [4.69, 9.17) is 0 Å². The maximum absolute atomic E-state index is 13.1. The Morgan fingerprint density at radius 3 is 2.93 bits per heavy atom. The molecule has 5 nitrogen and oxygen atoms in total. The Hall–Kier alpha value is -2.47. The maximum atomic E-state index is 13.1. The van der Waals surface area contributed by atoms with Gasteiger partial charge in [0, 0.05) is 10.6 Å². The molecule has 3 aromatic rings. The van der Waals surface area contributed by atoms with Gasteiger partial charge in [0.2, 0.25) is 5.91 Å². The molecule has 2 aromatic heterocycles. The first-order chi connectivity index (χ1) is 13.4. The molecule has 0 spiro atoms. The summed E-state index contributed by atoms with van der Waals surface area (Å²) in [6.45, 7) is 6.40. The predicted molar refractivity (Wildman–Crippen MR) is 114 cm³/mol. The first kappa shape index (κ1) is 18.9. The molecule has 1 amide bonds. The van der Waals surface area contributed by atoms with Crippen LogP contribution in [0.2, 0.25) is 0 Å². The van der Waals surface area contributed by atoms with E-state index in [0.717, 1.165) is 40.9 Å². The van der Waals surface area contributed by atoms with Crippen LogP contribution in [-0.4, -0.2) is 15.5 Å². The maximum Gasteiger partial charge on any atom is 0.262 e. The van der Waals surface area contributed by atoms with Crippen molar-refractivity contribution in [1.29, 1.82) is 0 Å². The van der Waals surface area contributed by atoms with Crippen LogP contribution in [0.1, 0.15) is 49.1 Å². The van der Waals surface area contributed by atoms with Gasteiger partial charge in [0.15, 0.2) is 0 Å². The van der Waals surface area contributed by atoms with Gasteiger partial charge in [-0.1, -0.05) is 39.0 Å². The molecule has 0 bridgehead atoms. The van der Waals surface area contributed by atoms with E-state index in [1.807, 2.05) is 24.3 Å². The molecule has 0 saturated carbocycles. The third-order valence-corrected chi connectivity index (χ3v) is 6.62. The van der Waals surface area contributed by atoms with E-state index in [1.54, 1.807) is 11.3 Å².